The summed E-state index contributed by atoms with van der Waals surface area (Å²) in [6.07, 6.45) is 4.10. The molecule has 0 bridgehead atoms. The van der Waals surface area contributed by atoms with Gasteiger partial charge < -0.3 is 10.6 Å². The molecule has 2 nitrogen and oxygen atoms in total. The van der Waals surface area contributed by atoms with Crippen molar-refractivity contribution < 1.29 is 0 Å². The maximum Gasteiger partial charge on any atom is 0.0125 e. The van der Waals surface area contributed by atoms with Gasteiger partial charge in [-0.15, -0.1) is 0 Å². The highest BCUT2D eigenvalue weighted by Crippen LogP contribution is 2.44. The van der Waals surface area contributed by atoms with E-state index in [4.69, 9.17) is 0 Å². The summed E-state index contributed by atoms with van der Waals surface area (Å²) in [6, 6.07) is 0.808. The molecule has 0 amide bonds. The minimum Gasteiger partial charge on any atom is -0.317 e. The summed E-state index contributed by atoms with van der Waals surface area (Å²) in [5, 5.41) is 7.10. The largest absolute Gasteiger partial charge is 0.317 e. The second-order valence-electron chi connectivity index (χ2n) is 5.35. The van der Waals surface area contributed by atoms with Crippen molar-refractivity contribution in [2.45, 2.75) is 39.2 Å². The molecule has 0 aromatic carbocycles. The quantitative estimate of drug-likeness (QED) is 0.689. The highest BCUT2D eigenvalue weighted by Gasteiger charge is 2.45. The fourth-order valence-corrected chi connectivity index (χ4v) is 2.21. The highest BCUT2D eigenvalue weighted by molar-refractivity contribution is 5.01. The van der Waals surface area contributed by atoms with Gasteiger partial charge in [-0.25, -0.2) is 0 Å². The third kappa shape index (κ3) is 2.44. The Morgan fingerprint density at radius 2 is 1.92 bits per heavy atom. The van der Waals surface area contributed by atoms with Crippen LogP contribution in [0.3, 0.4) is 0 Å². The van der Waals surface area contributed by atoms with Gasteiger partial charge in [-0.1, -0.05) is 13.8 Å². The predicted molar refractivity (Wildman–Crippen MR) is 55.8 cm³/mol. The van der Waals surface area contributed by atoms with Gasteiger partial charge >= 0.3 is 0 Å². The Hall–Kier alpha value is -0.0800. The summed E-state index contributed by atoms with van der Waals surface area (Å²) in [5.41, 5.74) is 0.590. The monoisotopic (exact) mass is 182 g/mol. The number of nitrogens with one attached hydrogen (secondary N) is 2. The van der Waals surface area contributed by atoms with Gasteiger partial charge in [0.1, 0.15) is 0 Å². The lowest BCUT2D eigenvalue weighted by Crippen LogP contribution is -2.35. The molecule has 0 spiro atoms. The van der Waals surface area contributed by atoms with E-state index in [1.807, 2.05) is 0 Å². The van der Waals surface area contributed by atoms with Gasteiger partial charge in [-0.3, -0.25) is 0 Å². The Balaban J connectivity index is 1.62. The molecule has 1 saturated carbocycles. The molecule has 2 aliphatic rings. The Labute approximate surface area is 81.5 Å². The first kappa shape index (κ1) is 9.47. The van der Waals surface area contributed by atoms with Crippen LogP contribution in [0.15, 0.2) is 0 Å². The van der Waals surface area contributed by atoms with E-state index in [2.05, 4.69) is 24.5 Å². The average Bonchev–Trinajstić information content (AvgIpc) is 2.73. The molecule has 2 fully saturated rings. The molecule has 1 aliphatic carbocycles. The first-order chi connectivity index (χ1) is 6.18. The van der Waals surface area contributed by atoms with Crippen LogP contribution in [-0.2, 0) is 0 Å². The smallest absolute Gasteiger partial charge is 0.0125 e. The molecule has 13 heavy (non-hydrogen) atoms. The molecular weight excluding hydrogens is 160 g/mol. The molecule has 0 radical (unpaired) electrons. The standard InChI is InChI=1S/C11H22N2/c1-11(2)7-10(11)13-8-9-3-5-12-6-4-9/h9-10,12-13H,3-8H2,1-2H3. The minimum absolute atomic E-state index is 0.590. The van der Waals surface area contributed by atoms with E-state index in [0.29, 0.717) is 5.41 Å². The van der Waals surface area contributed by atoms with E-state index in [1.165, 1.54) is 38.9 Å². The van der Waals surface area contributed by atoms with Crippen LogP contribution < -0.4 is 10.6 Å². The van der Waals surface area contributed by atoms with Crippen LogP contribution in [0.5, 0.6) is 0 Å². The molecule has 0 aromatic heterocycles. The molecule has 1 unspecified atom stereocenters. The van der Waals surface area contributed by atoms with Gasteiger partial charge in [0.15, 0.2) is 0 Å². The molecule has 1 heterocycles. The number of piperidine rings is 1. The van der Waals surface area contributed by atoms with Crippen LogP contribution in [-0.4, -0.2) is 25.7 Å². The first-order valence-corrected chi connectivity index (χ1v) is 5.62. The van der Waals surface area contributed by atoms with Gasteiger partial charge in [0.25, 0.3) is 0 Å². The van der Waals surface area contributed by atoms with Crippen LogP contribution in [0.2, 0.25) is 0 Å². The molecule has 2 heteroatoms. The predicted octanol–water partition coefficient (Wildman–Crippen LogP) is 1.37. The Morgan fingerprint density at radius 1 is 1.31 bits per heavy atom. The normalized spacial score (nSPS) is 33.2. The molecule has 0 aromatic rings. The van der Waals surface area contributed by atoms with Crippen LogP contribution in [0.4, 0.5) is 0 Å². The molecule has 1 atom stereocenters. The zero-order chi connectivity index (χ0) is 9.31. The average molecular weight is 182 g/mol. The minimum atomic E-state index is 0.590. The van der Waals surface area contributed by atoms with Crippen molar-refractivity contribution in [3.63, 3.8) is 0 Å². The van der Waals surface area contributed by atoms with Crippen molar-refractivity contribution in [3.8, 4) is 0 Å². The van der Waals surface area contributed by atoms with Crippen molar-refractivity contribution in [2.24, 2.45) is 11.3 Å². The molecule has 1 aliphatic heterocycles. The first-order valence-electron chi connectivity index (χ1n) is 5.62. The zero-order valence-electron chi connectivity index (χ0n) is 8.90. The van der Waals surface area contributed by atoms with E-state index < -0.39 is 0 Å². The maximum absolute atomic E-state index is 3.69. The van der Waals surface area contributed by atoms with Gasteiger partial charge in [0, 0.05) is 6.04 Å². The van der Waals surface area contributed by atoms with E-state index in [-0.39, 0.29) is 0 Å². The Kier molecular flexibility index (Phi) is 2.61. The van der Waals surface area contributed by atoms with Gasteiger partial charge in [0.2, 0.25) is 0 Å². The van der Waals surface area contributed by atoms with Crippen molar-refractivity contribution in [1.82, 2.24) is 10.6 Å². The van der Waals surface area contributed by atoms with Crippen molar-refractivity contribution >= 4 is 0 Å². The highest BCUT2D eigenvalue weighted by atomic mass is 15.0. The van der Waals surface area contributed by atoms with E-state index in [9.17, 15) is 0 Å². The topological polar surface area (TPSA) is 24.1 Å². The second kappa shape index (κ2) is 3.58. The molecule has 2 rings (SSSR count). The number of rotatable bonds is 3. The van der Waals surface area contributed by atoms with Crippen molar-refractivity contribution in [2.75, 3.05) is 19.6 Å². The molecule has 2 N–H and O–H groups in total. The fourth-order valence-electron chi connectivity index (χ4n) is 2.21. The maximum atomic E-state index is 3.69. The van der Waals surface area contributed by atoms with Gasteiger partial charge in [0.05, 0.1) is 0 Å². The van der Waals surface area contributed by atoms with E-state index >= 15 is 0 Å². The summed E-state index contributed by atoms with van der Waals surface area (Å²) in [6.45, 7) is 8.40. The van der Waals surface area contributed by atoms with Crippen LogP contribution >= 0.6 is 0 Å². The third-order valence-corrected chi connectivity index (χ3v) is 3.63. The van der Waals surface area contributed by atoms with Gasteiger partial charge in [-0.05, 0) is 50.2 Å². The third-order valence-electron chi connectivity index (χ3n) is 3.63. The lowest BCUT2D eigenvalue weighted by atomic mass is 9.98. The van der Waals surface area contributed by atoms with E-state index in [0.717, 1.165) is 12.0 Å². The van der Waals surface area contributed by atoms with Gasteiger partial charge in [-0.2, -0.15) is 0 Å². The van der Waals surface area contributed by atoms with Crippen LogP contribution in [0.1, 0.15) is 33.1 Å². The van der Waals surface area contributed by atoms with Crippen molar-refractivity contribution in [1.29, 1.82) is 0 Å². The summed E-state index contributed by atoms with van der Waals surface area (Å²) in [4.78, 5) is 0. The van der Waals surface area contributed by atoms with Crippen molar-refractivity contribution in [3.05, 3.63) is 0 Å². The summed E-state index contributed by atoms with van der Waals surface area (Å²) < 4.78 is 0. The zero-order valence-corrected chi connectivity index (χ0v) is 8.90. The SMILES string of the molecule is CC1(C)CC1NCC1CCNCC1. The fraction of sp³-hybridized carbons (Fsp3) is 1.00. The number of hydrogen-bond donors (Lipinski definition) is 2. The number of hydrogen-bond acceptors (Lipinski definition) is 2. The summed E-state index contributed by atoms with van der Waals surface area (Å²) in [5.74, 6) is 0.928. The summed E-state index contributed by atoms with van der Waals surface area (Å²) in [7, 11) is 0. The Morgan fingerprint density at radius 3 is 2.46 bits per heavy atom. The van der Waals surface area contributed by atoms with Crippen LogP contribution in [0, 0.1) is 11.3 Å². The second-order valence-corrected chi connectivity index (χ2v) is 5.35. The lowest BCUT2D eigenvalue weighted by Gasteiger charge is -2.23. The molecular formula is C11H22N2. The van der Waals surface area contributed by atoms with Crippen LogP contribution in [0.25, 0.3) is 0 Å². The lowest BCUT2D eigenvalue weighted by molar-refractivity contribution is 0.349. The Bertz CT molecular complexity index is 171. The molecule has 1 saturated heterocycles. The summed E-state index contributed by atoms with van der Waals surface area (Å²) >= 11 is 0. The molecule has 76 valence electrons. The van der Waals surface area contributed by atoms with E-state index in [1.54, 1.807) is 0 Å².